The molecule has 26 heavy (non-hydrogen) atoms. The molecule has 7 heteroatoms. The van der Waals surface area contributed by atoms with Gasteiger partial charge in [0, 0.05) is 12.0 Å². The summed E-state index contributed by atoms with van der Waals surface area (Å²) >= 11 is 0. The van der Waals surface area contributed by atoms with E-state index in [-0.39, 0.29) is 17.5 Å². The Bertz CT molecular complexity index is 804. The second kappa shape index (κ2) is 8.75. The average Bonchev–Trinajstić information content (AvgIpc) is 2.67. The molecular formula is C19H18FNO5. The summed E-state index contributed by atoms with van der Waals surface area (Å²) in [6, 6.07) is 10.6. The average molecular weight is 359 g/mol. The van der Waals surface area contributed by atoms with Gasteiger partial charge in [-0.2, -0.15) is 0 Å². The van der Waals surface area contributed by atoms with Gasteiger partial charge in [0.25, 0.3) is 5.91 Å². The van der Waals surface area contributed by atoms with Crippen LogP contribution < -0.4 is 5.32 Å². The van der Waals surface area contributed by atoms with Crippen molar-refractivity contribution in [2.24, 2.45) is 0 Å². The molecule has 0 aliphatic heterocycles. The highest BCUT2D eigenvalue weighted by Crippen LogP contribution is 2.10. The Morgan fingerprint density at radius 1 is 1.00 bits per heavy atom. The largest absolute Gasteiger partial charge is 0.467 e. The Kier molecular flexibility index (Phi) is 6.43. The van der Waals surface area contributed by atoms with Crippen LogP contribution in [0.2, 0.25) is 0 Å². The van der Waals surface area contributed by atoms with Crippen molar-refractivity contribution < 1.29 is 28.2 Å². The van der Waals surface area contributed by atoms with Gasteiger partial charge in [-0.05, 0) is 35.9 Å². The lowest BCUT2D eigenvalue weighted by Crippen LogP contribution is -2.43. The monoisotopic (exact) mass is 359 g/mol. The Balaban J connectivity index is 2.17. The molecule has 0 spiro atoms. The Morgan fingerprint density at radius 2 is 1.65 bits per heavy atom. The number of hydrogen-bond donors (Lipinski definition) is 1. The van der Waals surface area contributed by atoms with Crippen LogP contribution >= 0.6 is 0 Å². The number of carbonyl (C=O) groups is 3. The van der Waals surface area contributed by atoms with Crippen molar-refractivity contribution >= 4 is 17.8 Å². The molecule has 2 aromatic carbocycles. The molecule has 0 aliphatic carbocycles. The normalized spacial score (nSPS) is 11.3. The molecule has 0 fully saturated rings. The molecule has 1 amide bonds. The van der Waals surface area contributed by atoms with E-state index < -0.39 is 29.7 Å². The van der Waals surface area contributed by atoms with Crippen LogP contribution in [0.1, 0.15) is 26.3 Å². The fourth-order valence-corrected chi connectivity index (χ4v) is 2.34. The molecule has 0 bridgehead atoms. The number of carbonyl (C=O) groups excluding carboxylic acids is 3. The van der Waals surface area contributed by atoms with Crippen molar-refractivity contribution in [1.82, 2.24) is 5.32 Å². The van der Waals surface area contributed by atoms with E-state index in [2.05, 4.69) is 10.1 Å². The van der Waals surface area contributed by atoms with Gasteiger partial charge in [-0.15, -0.1) is 0 Å². The van der Waals surface area contributed by atoms with E-state index in [9.17, 15) is 18.8 Å². The Hall–Kier alpha value is -3.22. The van der Waals surface area contributed by atoms with Crippen LogP contribution in [-0.2, 0) is 20.7 Å². The van der Waals surface area contributed by atoms with Crippen LogP contribution in [-0.4, -0.2) is 38.1 Å². The first-order chi connectivity index (χ1) is 12.4. The van der Waals surface area contributed by atoms with E-state index in [1.165, 1.54) is 62.8 Å². The lowest BCUT2D eigenvalue weighted by Gasteiger charge is -2.17. The van der Waals surface area contributed by atoms with Gasteiger partial charge >= 0.3 is 11.9 Å². The standard InChI is InChI=1S/C19H18FNO5/c1-25-18(23)14-5-3-4-13(11-14)17(22)21-16(19(24)26-2)10-12-6-8-15(20)9-7-12/h3-9,11,16H,10H2,1-2H3,(H,21,22)/t16-/m0/s1. The topological polar surface area (TPSA) is 81.7 Å². The van der Waals surface area contributed by atoms with Gasteiger partial charge in [0.05, 0.1) is 19.8 Å². The van der Waals surface area contributed by atoms with Gasteiger partial charge in [-0.25, -0.2) is 14.0 Å². The molecule has 136 valence electrons. The summed E-state index contributed by atoms with van der Waals surface area (Å²) in [5.74, 6) is -2.15. The van der Waals surface area contributed by atoms with Crippen LogP contribution in [0.5, 0.6) is 0 Å². The number of nitrogens with one attached hydrogen (secondary N) is 1. The van der Waals surface area contributed by atoms with Crippen molar-refractivity contribution in [3.05, 3.63) is 71.0 Å². The van der Waals surface area contributed by atoms with E-state index in [0.29, 0.717) is 5.56 Å². The van der Waals surface area contributed by atoms with Gasteiger partial charge in [0.2, 0.25) is 0 Å². The van der Waals surface area contributed by atoms with E-state index in [1.54, 1.807) is 0 Å². The molecule has 0 saturated carbocycles. The Morgan fingerprint density at radius 3 is 2.27 bits per heavy atom. The van der Waals surface area contributed by atoms with E-state index in [0.717, 1.165) is 0 Å². The minimum absolute atomic E-state index is 0.134. The number of hydrogen-bond acceptors (Lipinski definition) is 5. The third-order valence-electron chi connectivity index (χ3n) is 3.69. The number of esters is 2. The molecule has 2 rings (SSSR count). The lowest BCUT2D eigenvalue weighted by atomic mass is 10.0. The van der Waals surface area contributed by atoms with Crippen LogP contribution in [0.25, 0.3) is 0 Å². The molecule has 0 radical (unpaired) electrons. The zero-order chi connectivity index (χ0) is 19.1. The molecule has 6 nitrogen and oxygen atoms in total. The quantitative estimate of drug-likeness (QED) is 0.799. The highest BCUT2D eigenvalue weighted by molar-refractivity contribution is 5.99. The summed E-state index contributed by atoms with van der Waals surface area (Å²) in [6.07, 6.45) is 0.134. The van der Waals surface area contributed by atoms with Gasteiger partial charge in [0.1, 0.15) is 11.9 Å². The lowest BCUT2D eigenvalue weighted by molar-refractivity contribution is -0.142. The summed E-state index contributed by atoms with van der Waals surface area (Å²) in [6.45, 7) is 0. The summed E-state index contributed by atoms with van der Waals surface area (Å²) in [5.41, 5.74) is 1.07. The van der Waals surface area contributed by atoms with Crippen molar-refractivity contribution in [2.45, 2.75) is 12.5 Å². The smallest absolute Gasteiger partial charge is 0.337 e. The summed E-state index contributed by atoms with van der Waals surface area (Å²) < 4.78 is 22.4. The second-order valence-electron chi connectivity index (χ2n) is 5.45. The minimum atomic E-state index is -0.959. The zero-order valence-corrected chi connectivity index (χ0v) is 14.3. The summed E-state index contributed by atoms with van der Waals surface area (Å²) in [4.78, 5) is 36.0. The molecule has 1 atom stereocenters. The van der Waals surface area contributed by atoms with Gasteiger partial charge < -0.3 is 14.8 Å². The number of rotatable bonds is 6. The van der Waals surface area contributed by atoms with Gasteiger partial charge in [-0.3, -0.25) is 4.79 Å². The predicted molar refractivity (Wildman–Crippen MR) is 91.2 cm³/mol. The van der Waals surface area contributed by atoms with E-state index in [1.807, 2.05) is 0 Å². The number of methoxy groups -OCH3 is 2. The van der Waals surface area contributed by atoms with Crippen molar-refractivity contribution in [2.75, 3.05) is 14.2 Å². The predicted octanol–water partition coefficient (Wildman–Crippen LogP) is 2.13. The van der Waals surface area contributed by atoms with Crippen molar-refractivity contribution in [3.8, 4) is 0 Å². The molecule has 0 aliphatic rings. The van der Waals surface area contributed by atoms with Crippen LogP contribution in [0.15, 0.2) is 48.5 Å². The fraction of sp³-hybridized carbons (Fsp3) is 0.211. The maximum atomic E-state index is 13.0. The van der Waals surface area contributed by atoms with E-state index in [4.69, 9.17) is 4.74 Å². The fourth-order valence-electron chi connectivity index (χ4n) is 2.34. The zero-order valence-electron chi connectivity index (χ0n) is 14.3. The Labute approximate surface area is 149 Å². The molecule has 0 saturated heterocycles. The van der Waals surface area contributed by atoms with Crippen LogP contribution in [0, 0.1) is 5.82 Å². The van der Waals surface area contributed by atoms with Crippen LogP contribution in [0.3, 0.4) is 0 Å². The SMILES string of the molecule is COC(=O)c1cccc(C(=O)N[C@@H](Cc2ccc(F)cc2)C(=O)OC)c1. The molecular weight excluding hydrogens is 341 g/mol. The number of benzene rings is 2. The first-order valence-electron chi connectivity index (χ1n) is 7.76. The number of halogens is 1. The molecule has 2 aromatic rings. The molecule has 0 aromatic heterocycles. The van der Waals surface area contributed by atoms with Gasteiger partial charge in [-0.1, -0.05) is 18.2 Å². The molecule has 0 unspecified atom stereocenters. The first-order valence-corrected chi connectivity index (χ1v) is 7.76. The number of ether oxygens (including phenoxy) is 2. The molecule has 1 N–H and O–H groups in total. The third-order valence-corrected chi connectivity index (χ3v) is 3.69. The third kappa shape index (κ3) is 4.89. The second-order valence-corrected chi connectivity index (χ2v) is 5.45. The highest BCUT2D eigenvalue weighted by atomic mass is 19.1. The van der Waals surface area contributed by atoms with Crippen molar-refractivity contribution in [3.63, 3.8) is 0 Å². The summed E-state index contributed by atoms with van der Waals surface area (Å²) in [5, 5.41) is 2.57. The number of amides is 1. The molecule has 0 heterocycles. The van der Waals surface area contributed by atoms with Crippen molar-refractivity contribution in [1.29, 1.82) is 0 Å². The van der Waals surface area contributed by atoms with Crippen LogP contribution in [0.4, 0.5) is 4.39 Å². The maximum absolute atomic E-state index is 13.0. The van der Waals surface area contributed by atoms with Gasteiger partial charge in [0.15, 0.2) is 0 Å². The first kappa shape index (κ1) is 19.1. The van der Waals surface area contributed by atoms with E-state index >= 15 is 0 Å². The summed E-state index contributed by atoms with van der Waals surface area (Å²) in [7, 11) is 2.45. The maximum Gasteiger partial charge on any atom is 0.337 e. The highest BCUT2D eigenvalue weighted by Gasteiger charge is 2.23. The minimum Gasteiger partial charge on any atom is -0.467 e.